The molecule has 0 saturated carbocycles. The average Bonchev–Trinajstić information content (AvgIpc) is 2.46. The minimum atomic E-state index is -0.272. The van der Waals surface area contributed by atoms with E-state index in [1.165, 1.54) is 37.7 Å². The standard InChI is InChI=1S/C18H28O2/c1-2-3-4-5-6-7-13-20-16-11-12-17-15(14-16)9-8-10-18(17)19/h11-12,14,18-19H,2-10,13H2,1H3. The van der Waals surface area contributed by atoms with Crippen molar-refractivity contribution in [1.82, 2.24) is 0 Å². The van der Waals surface area contributed by atoms with Gasteiger partial charge >= 0.3 is 0 Å². The van der Waals surface area contributed by atoms with Crippen molar-refractivity contribution in [1.29, 1.82) is 0 Å². The van der Waals surface area contributed by atoms with Crippen LogP contribution in [0.2, 0.25) is 0 Å². The quantitative estimate of drug-likeness (QED) is 0.691. The molecule has 1 N–H and O–H groups in total. The molecule has 0 aromatic heterocycles. The zero-order valence-corrected chi connectivity index (χ0v) is 12.7. The van der Waals surface area contributed by atoms with E-state index in [2.05, 4.69) is 13.0 Å². The first-order valence-corrected chi connectivity index (χ1v) is 8.25. The van der Waals surface area contributed by atoms with Crippen LogP contribution >= 0.6 is 0 Å². The average molecular weight is 276 g/mol. The van der Waals surface area contributed by atoms with Crippen molar-refractivity contribution in [2.45, 2.75) is 70.8 Å². The Bertz CT molecular complexity index is 400. The molecule has 1 atom stereocenters. The van der Waals surface area contributed by atoms with Crippen molar-refractivity contribution in [3.63, 3.8) is 0 Å². The van der Waals surface area contributed by atoms with Crippen LogP contribution in [0.1, 0.15) is 75.5 Å². The molecule has 0 radical (unpaired) electrons. The summed E-state index contributed by atoms with van der Waals surface area (Å²) < 4.78 is 5.83. The van der Waals surface area contributed by atoms with E-state index in [1.807, 2.05) is 12.1 Å². The van der Waals surface area contributed by atoms with Gasteiger partial charge in [-0.3, -0.25) is 0 Å². The molecular formula is C18H28O2. The Morgan fingerprint density at radius 3 is 2.80 bits per heavy atom. The lowest BCUT2D eigenvalue weighted by Crippen LogP contribution is -2.09. The van der Waals surface area contributed by atoms with Gasteiger partial charge in [-0.2, -0.15) is 0 Å². The molecule has 0 saturated heterocycles. The van der Waals surface area contributed by atoms with Gasteiger partial charge in [0.05, 0.1) is 12.7 Å². The van der Waals surface area contributed by atoms with Crippen molar-refractivity contribution in [3.05, 3.63) is 29.3 Å². The number of aliphatic hydroxyl groups excluding tert-OH is 1. The molecule has 2 rings (SSSR count). The lowest BCUT2D eigenvalue weighted by molar-refractivity contribution is 0.156. The Kier molecular flexibility index (Phi) is 6.38. The fraction of sp³-hybridized carbons (Fsp3) is 0.667. The highest BCUT2D eigenvalue weighted by Crippen LogP contribution is 2.31. The largest absolute Gasteiger partial charge is 0.494 e. The molecule has 1 unspecified atom stereocenters. The Morgan fingerprint density at radius 1 is 1.15 bits per heavy atom. The summed E-state index contributed by atoms with van der Waals surface area (Å²) in [6.45, 7) is 3.06. The highest BCUT2D eigenvalue weighted by atomic mass is 16.5. The number of fused-ring (bicyclic) bond motifs is 1. The zero-order chi connectivity index (χ0) is 14.2. The molecule has 1 aliphatic carbocycles. The van der Waals surface area contributed by atoms with Gasteiger partial charge in [-0.15, -0.1) is 0 Å². The first kappa shape index (κ1) is 15.4. The van der Waals surface area contributed by atoms with Gasteiger partial charge in [-0.1, -0.05) is 45.1 Å². The number of benzene rings is 1. The highest BCUT2D eigenvalue weighted by molar-refractivity contribution is 5.38. The molecule has 1 aromatic carbocycles. The third kappa shape index (κ3) is 4.52. The fourth-order valence-electron chi connectivity index (χ4n) is 2.93. The van der Waals surface area contributed by atoms with Crippen LogP contribution in [0.3, 0.4) is 0 Å². The smallest absolute Gasteiger partial charge is 0.119 e. The molecule has 0 heterocycles. The highest BCUT2D eigenvalue weighted by Gasteiger charge is 2.17. The van der Waals surface area contributed by atoms with Crippen LogP contribution in [0, 0.1) is 0 Å². The summed E-state index contributed by atoms with van der Waals surface area (Å²) in [5, 5.41) is 9.93. The number of aliphatic hydroxyl groups is 1. The summed E-state index contributed by atoms with van der Waals surface area (Å²) >= 11 is 0. The van der Waals surface area contributed by atoms with Gasteiger partial charge in [0.25, 0.3) is 0 Å². The van der Waals surface area contributed by atoms with Crippen LogP contribution < -0.4 is 4.74 Å². The zero-order valence-electron chi connectivity index (χ0n) is 12.7. The summed E-state index contributed by atoms with van der Waals surface area (Å²) in [5.41, 5.74) is 2.37. The van der Waals surface area contributed by atoms with E-state index in [0.717, 1.165) is 43.6 Å². The lowest BCUT2D eigenvalue weighted by atomic mass is 9.89. The van der Waals surface area contributed by atoms with E-state index >= 15 is 0 Å². The van der Waals surface area contributed by atoms with Gasteiger partial charge < -0.3 is 9.84 Å². The normalized spacial score (nSPS) is 17.8. The van der Waals surface area contributed by atoms with Gasteiger partial charge in [0, 0.05) is 0 Å². The van der Waals surface area contributed by atoms with Gasteiger partial charge in [0.15, 0.2) is 0 Å². The van der Waals surface area contributed by atoms with Gasteiger partial charge in [-0.05, 0) is 48.9 Å². The van der Waals surface area contributed by atoms with Crippen LogP contribution in [0.4, 0.5) is 0 Å². The molecule has 20 heavy (non-hydrogen) atoms. The van der Waals surface area contributed by atoms with Crippen LogP contribution in [-0.4, -0.2) is 11.7 Å². The summed E-state index contributed by atoms with van der Waals surface area (Å²) in [4.78, 5) is 0. The molecule has 0 fully saturated rings. The fourth-order valence-corrected chi connectivity index (χ4v) is 2.93. The molecule has 2 heteroatoms. The van der Waals surface area contributed by atoms with E-state index in [4.69, 9.17) is 4.74 Å². The number of hydrogen-bond acceptors (Lipinski definition) is 2. The van der Waals surface area contributed by atoms with Gasteiger partial charge in [0.1, 0.15) is 5.75 Å². The Balaban J connectivity index is 1.71. The Morgan fingerprint density at radius 2 is 1.95 bits per heavy atom. The van der Waals surface area contributed by atoms with Crippen molar-refractivity contribution in [3.8, 4) is 5.75 Å². The second-order valence-electron chi connectivity index (χ2n) is 5.88. The molecule has 0 aliphatic heterocycles. The predicted molar refractivity (Wildman–Crippen MR) is 83.2 cm³/mol. The minimum Gasteiger partial charge on any atom is -0.494 e. The number of ether oxygens (including phenoxy) is 1. The Labute approximate surface area is 123 Å². The van der Waals surface area contributed by atoms with Crippen molar-refractivity contribution in [2.75, 3.05) is 6.61 Å². The van der Waals surface area contributed by atoms with Crippen LogP contribution in [0.25, 0.3) is 0 Å². The van der Waals surface area contributed by atoms with Crippen molar-refractivity contribution in [2.24, 2.45) is 0 Å². The van der Waals surface area contributed by atoms with E-state index in [0.29, 0.717) is 0 Å². The van der Waals surface area contributed by atoms with E-state index < -0.39 is 0 Å². The minimum absolute atomic E-state index is 0.272. The molecule has 0 amide bonds. The molecule has 0 bridgehead atoms. The Hall–Kier alpha value is -1.02. The molecule has 112 valence electrons. The van der Waals surface area contributed by atoms with E-state index in [9.17, 15) is 5.11 Å². The maximum Gasteiger partial charge on any atom is 0.119 e. The molecular weight excluding hydrogens is 248 g/mol. The third-order valence-corrected chi connectivity index (χ3v) is 4.16. The first-order chi connectivity index (χ1) is 9.81. The van der Waals surface area contributed by atoms with Crippen LogP contribution in [0.15, 0.2) is 18.2 Å². The van der Waals surface area contributed by atoms with Gasteiger partial charge in [0.2, 0.25) is 0 Å². The summed E-state index contributed by atoms with van der Waals surface area (Å²) in [6, 6.07) is 6.16. The van der Waals surface area contributed by atoms with E-state index in [1.54, 1.807) is 0 Å². The van der Waals surface area contributed by atoms with E-state index in [-0.39, 0.29) is 6.10 Å². The maximum atomic E-state index is 9.93. The number of unbranched alkanes of at least 4 members (excludes halogenated alkanes) is 5. The topological polar surface area (TPSA) is 29.5 Å². The first-order valence-electron chi connectivity index (χ1n) is 8.25. The SMILES string of the molecule is CCCCCCCCOc1ccc2c(c1)CCCC2O. The summed E-state index contributed by atoms with van der Waals surface area (Å²) in [5.74, 6) is 0.964. The molecule has 2 nitrogen and oxygen atoms in total. The molecule has 1 aliphatic rings. The summed E-state index contributed by atoms with van der Waals surface area (Å²) in [7, 11) is 0. The van der Waals surface area contributed by atoms with Crippen molar-refractivity contribution >= 4 is 0 Å². The molecule has 0 spiro atoms. The second-order valence-corrected chi connectivity index (χ2v) is 5.88. The monoisotopic (exact) mass is 276 g/mol. The number of rotatable bonds is 8. The maximum absolute atomic E-state index is 9.93. The summed E-state index contributed by atoms with van der Waals surface area (Å²) in [6.07, 6.45) is 10.5. The predicted octanol–water partition coefficient (Wildman–Crippen LogP) is 4.80. The number of hydrogen-bond donors (Lipinski definition) is 1. The molecule has 1 aromatic rings. The van der Waals surface area contributed by atoms with Crippen LogP contribution in [0.5, 0.6) is 5.75 Å². The number of aryl methyl sites for hydroxylation is 1. The second kappa shape index (κ2) is 8.31. The van der Waals surface area contributed by atoms with Crippen LogP contribution in [-0.2, 0) is 6.42 Å². The van der Waals surface area contributed by atoms with Crippen molar-refractivity contribution < 1.29 is 9.84 Å². The third-order valence-electron chi connectivity index (χ3n) is 4.16. The van der Waals surface area contributed by atoms with Gasteiger partial charge in [-0.25, -0.2) is 0 Å². The lowest BCUT2D eigenvalue weighted by Gasteiger charge is -2.21.